The predicted octanol–water partition coefficient (Wildman–Crippen LogP) is 3.45. The molecule has 0 saturated heterocycles. The van der Waals surface area contributed by atoms with E-state index < -0.39 is 6.04 Å². The number of carbonyl (C=O) groups is 2. The number of amides is 2. The van der Waals surface area contributed by atoms with E-state index in [1.54, 1.807) is 26.0 Å². The minimum absolute atomic E-state index is 0. The van der Waals surface area contributed by atoms with Gasteiger partial charge in [0.15, 0.2) is 0 Å². The number of hydrogen-bond donors (Lipinski definition) is 2. The largest absolute Gasteiger partial charge is 0.496 e. The summed E-state index contributed by atoms with van der Waals surface area (Å²) in [5.74, 6) is 0.414. The van der Waals surface area contributed by atoms with Crippen molar-refractivity contribution in [3.63, 3.8) is 0 Å². The highest BCUT2D eigenvalue weighted by Crippen LogP contribution is 2.31. The lowest BCUT2D eigenvalue weighted by Gasteiger charge is -2.27. The number of nitrogens with one attached hydrogen (secondary N) is 2. The molecule has 0 fully saturated rings. The smallest absolute Gasteiger partial charge is 0.249 e. The second-order valence-corrected chi connectivity index (χ2v) is 8.04. The Morgan fingerprint density at radius 2 is 2.03 bits per heavy atom. The zero-order chi connectivity index (χ0) is 21.0. The van der Waals surface area contributed by atoms with Crippen LogP contribution < -0.4 is 20.3 Å². The van der Waals surface area contributed by atoms with Crippen molar-refractivity contribution in [1.29, 1.82) is 0 Å². The summed E-state index contributed by atoms with van der Waals surface area (Å²) in [4.78, 5) is 27.6. The Balaban J connectivity index is 0.00000320. The van der Waals surface area contributed by atoms with Crippen molar-refractivity contribution >= 4 is 45.8 Å². The van der Waals surface area contributed by atoms with Crippen molar-refractivity contribution in [2.45, 2.75) is 38.4 Å². The number of fused-ring (bicyclic) bond motifs is 1. The Labute approximate surface area is 191 Å². The number of anilines is 1. The normalized spacial score (nSPS) is 16.7. The van der Waals surface area contributed by atoms with Gasteiger partial charge in [-0.2, -0.15) is 0 Å². The number of halogens is 2. The quantitative estimate of drug-likeness (QED) is 0.643. The second-order valence-electron chi connectivity index (χ2n) is 7.12. The van der Waals surface area contributed by atoms with Gasteiger partial charge >= 0.3 is 0 Å². The lowest BCUT2D eigenvalue weighted by molar-refractivity contribution is -0.128. The maximum atomic E-state index is 13.5. The van der Waals surface area contributed by atoms with Gasteiger partial charge in [0.2, 0.25) is 11.8 Å². The summed E-state index contributed by atoms with van der Waals surface area (Å²) >= 11 is 3.50. The first-order chi connectivity index (χ1) is 13.9. The molecule has 1 heterocycles. The third-order valence-electron chi connectivity index (χ3n) is 5.26. The van der Waals surface area contributed by atoms with Crippen molar-refractivity contribution in [2.24, 2.45) is 0 Å². The average Bonchev–Trinajstić information content (AvgIpc) is 2.85. The van der Waals surface area contributed by atoms with Crippen LogP contribution in [0.15, 0.2) is 46.9 Å². The van der Waals surface area contributed by atoms with E-state index in [0.29, 0.717) is 25.1 Å². The summed E-state index contributed by atoms with van der Waals surface area (Å²) in [5, 5.41) is 5.83. The van der Waals surface area contributed by atoms with Gasteiger partial charge in [-0.1, -0.05) is 34.1 Å². The SMILES string of the molecule is CN[C@@H](C)C(=O)N[C@H]1CCc2ccccc2N(Cc2cc(Br)ccc2OC)C1=O.Cl. The fourth-order valence-electron chi connectivity index (χ4n) is 3.48. The van der Waals surface area contributed by atoms with E-state index in [9.17, 15) is 9.59 Å². The van der Waals surface area contributed by atoms with E-state index in [4.69, 9.17) is 4.74 Å². The molecule has 0 aliphatic carbocycles. The summed E-state index contributed by atoms with van der Waals surface area (Å²) < 4.78 is 6.41. The number of para-hydroxylation sites is 1. The molecule has 2 aromatic carbocycles. The number of methoxy groups -OCH3 is 1. The van der Waals surface area contributed by atoms with Crippen molar-refractivity contribution < 1.29 is 14.3 Å². The fraction of sp³-hybridized carbons (Fsp3) is 0.364. The van der Waals surface area contributed by atoms with Gasteiger partial charge in [-0.05, 0) is 56.6 Å². The van der Waals surface area contributed by atoms with Crippen LogP contribution in [0.5, 0.6) is 5.75 Å². The third-order valence-corrected chi connectivity index (χ3v) is 5.76. The monoisotopic (exact) mass is 495 g/mol. The van der Waals surface area contributed by atoms with Crippen LogP contribution >= 0.6 is 28.3 Å². The minimum atomic E-state index is -0.580. The Morgan fingerprint density at radius 1 is 1.30 bits per heavy atom. The molecule has 3 rings (SSSR count). The van der Waals surface area contributed by atoms with Gasteiger partial charge in [-0.15, -0.1) is 12.4 Å². The molecule has 162 valence electrons. The van der Waals surface area contributed by atoms with Crippen LogP contribution in [-0.4, -0.2) is 38.1 Å². The van der Waals surface area contributed by atoms with Gasteiger partial charge in [0, 0.05) is 15.7 Å². The molecule has 2 aromatic rings. The van der Waals surface area contributed by atoms with Crippen LogP contribution in [-0.2, 0) is 22.6 Å². The highest BCUT2D eigenvalue weighted by Gasteiger charge is 2.32. The predicted molar refractivity (Wildman–Crippen MR) is 124 cm³/mol. The van der Waals surface area contributed by atoms with E-state index in [2.05, 4.69) is 26.6 Å². The maximum Gasteiger partial charge on any atom is 0.249 e. The van der Waals surface area contributed by atoms with Gasteiger partial charge in [0.25, 0.3) is 0 Å². The first-order valence-electron chi connectivity index (χ1n) is 9.64. The maximum absolute atomic E-state index is 13.5. The van der Waals surface area contributed by atoms with E-state index >= 15 is 0 Å². The highest BCUT2D eigenvalue weighted by molar-refractivity contribution is 9.10. The molecule has 0 aromatic heterocycles. The molecule has 6 nitrogen and oxygen atoms in total. The molecule has 2 atom stereocenters. The lowest BCUT2D eigenvalue weighted by atomic mass is 10.1. The molecule has 0 bridgehead atoms. The summed E-state index contributed by atoms with van der Waals surface area (Å²) in [6.07, 6.45) is 1.27. The lowest BCUT2D eigenvalue weighted by Crippen LogP contribution is -2.52. The number of ether oxygens (including phenoxy) is 1. The van der Waals surface area contributed by atoms with Gasteiger partial charge in [-0.3, -0.25) is 9.59 Å². The van der Waals surface area contributed by atoms with E-state index in [0.717, 1.165) is 21.3 Å². The van der Waals surface area contributed by atoms with Gasteiger partial charge in [0.05, 0.1) is 19.7 Å². The number of carbonyl (C=O) groups excluding carboxylic acids is 2. The van der Waals surface area contributed by atoms with Crippen LogP contribution in [0.3, 0.4) is 0 Å². The summed E-state index contributed by atoms with van der Waals surface area (Å²) in [6, 6.07) is 12.7. The van der Waals surface area contributed by atoms with E-state index in [1.807, 2.05) is 42.5 Å². The Bertz CT molecular complexity index is 909. The fourth-order valence-corrected chi connectivity index (χ4v) is 3.89. The first kappa shape index (κ1) is 24.2. The van der Waals surface area contributed by atoms with Crippen LogP contribution in [0.25, 0.3) is 0 Å². The summed E-state index contributed by atoms with van der Waals surface area (Å²) in [6.45, 7) is 2.13. The molecule has 0 saturated carbocycles. The van der Waals surface area contributed by atoms with Crippen molar-refractivity contribution in [3.8, 4) is 5.75 Å². The topological polar surface area (TPSA) is 70.7 Å². The molecule has 2 N–H and O–H groups in total. The zero-order valence-electron chi connectivity index (χ0n) is 17.3. The molecular formula is C22H27BrClN3O3. The number of hydrogen-bond acceptors (Lipinski definition) is 4. The first-order valence-corrected chi connectivity index (χ1v) is 10.4. The number of benzene rings is 2. The molecule has 30 heavy (non-hydrogen) atoms. The number of nitrogens with zero attached hydrogens (tertiary/aromatic N) is 1. The van der Waals surface area contributed by atoms with Crippen LogP contribution in [0, 0.1) is 0 Å². The van der Waals surface area contributed by atoms with Gasteiger partial charge in [-0.25, -0.2) is 0 Å². The molecule has 1 aliphatic rings. The number of aryl methyl sites for hydroxylation is 1. The highest BCUT2D eigenvalue weighted by atomic mass is 79.9. The van der Waals surface area contributed by atoms with E-state index in [-0.39, 0.29) is 30.3 Å². The summed E-state index contributed by atoms with van der Waals surface area (Å²) in [5.41, 5.74) is 2.85. The Kier molecular flexibility index (Phi) is 8.70. The second kappa shape index (κ2) is 10.8. The Morgan fingerprint density at radius 3 is 2.73 bits per heavy atom. The van der Waals surface area contributed by atoms with Crippen molar-refractivity contribution in [1.82, 2.24) is 10.6 Å². The Hall–Kier alpha value is -2.09. The van der Waals surface area contributed by atoms with Crippen LogP contribution in [0.4, 0.5) is 5.69 Å². The number of rotatable bonds is 6. The van der Waals surface area contributed by atoms with Gasteiger partial charge < -0.3 is 20.3 Å². The van der Waals surface area contributed by atoms with Gasteiger partial charge in [0.1, 0.15) is 11.8 Å². The molecule has 1 aliphatic heterocycles. The molecular weight excluding hydrogens is 470 g/mol. The summed E-state index contributed by atoms with van der Waals surface area (Å²) in [7, 11) is 3.34. The van der Waals surface area contributed by atoms with Crippen LogP contribution in [0.2, 0.25) is 0 Å². The van der Waals surface area contributed by atoms with Crippen molar-refractivity contribution in [2.75, 3.05) is 19.1 Å². The third kappa shape index (κ3) is 5.33. The molecule has 0 spiro atoms. The van der Waals surface area contributed by atoms with E-state index in [1.165, 1.54) is 0 Å². The molecule has 8 heteroatoms. The standard InChI is InChI=1S/C22H26BrN3O3.ClH/c1-14(24-2)21(27)25-18-10-8-15-6-4-5-7-19(15)26(22(18)28)13-16-12-17(23)9-11-20(16)29-3;/h4-7,9,11-12,14,18,24H,8,10,13H2,1-3H3,(H,25,27);1H/t14-,18-;/m0./s1. The molecule has 0 radical (unpaired) electrons. The number of likely N-dealkylation sites (N-methyl/N-ethyl adjacent to an activating group) is 1. The molecule has 0 unspecified atom stereocenters. The van der Waals surface area contributed by atoms with Crippen LogP contribution in [0.1, 0.15) is 24.5 Å². The zero-order valence-corrected chi connectivity index (χ0v) is 19.7. The molecule has 2 amide bonds. The average molecular weight is 497 g/mol. The van der Waals surface area contributed by atoms with Crippen molar-refractivity contribution in [3.05, 3.63) is 58.1 Å². The minimum Gasteiger partial charge on any atom is -0.496 e.